The van der Waals surface area contributed by atoms with E-state index in [0.717, 1.165) is 16.5 Å². The number of nitrogens with zero attached hydrogens (tertiary/aromatic N) is 2. The fourth-order valence-corrected chi connectivity index (χ4v) is 1.78. The maximum atomic E-state index is 5.33. The molecule has 2 heterocycles. The number of hydrogen-bond donors (Lipinski definition) is 0. The Hall–Kier alpha value is -2.36. The van der Waals surface area contributed by atoms with Gasteiger partial charge in [-0.25, -0.2) is 9.97 Å². The lowest BCUT2D eigenvalue weighted by atomic mass is 10.1. The van der Waals surface area contributed by atoms with Crippen LogP contribution in [0.4, 0.5) is 0 Å². The molecule has 0 fully saturated rings. The predicted molar refractivity (Wildman–Crippen MR) is 62.6 cm³/mol. The number of methoxy groups -OCH3 is 1. The van der Waals surface area contributed by atoms with Crippen molar-refractivity contribution in [2.24, 2.45) is 0 Å². The molecule has 83 valence electrons. The molecule has 1 aromatic carbocycles. The van der Waals surface area contributed by atoms with Crippen LogP contribution in [0.25, 0.3) is 22.4 Å². The van der Waals surface area contributed by atoms with E-state index >= 15 is 0 Å². The molecule has 3 rings (SSSR count). The highest BCUT2D eigenvalue weighted by molar-refractivity contribution is 5.95. The maximum Gasteiger partial charge on any atom is 0.230 e. The molecule has 2 aromatic heterocycles. The predicted octanol–water partition coefficient (Wildman–Crippen LogP) is 2.70. The lowest BCUT2D eigenvalue weighted by molar-refractivity contribution is 0.412. The molecule has 4 nitrogen and oxygen atoms in total. The molecule has 0 aliphatic heterocycles. The number of benzene rings is 1. The van der Waals surface area contributed by atoms with Gasteiger partial charge in [-0.2, -0.15) is 0 Å². The molecular weight excluding hydrogens is 216 g/mol. The molecule has 0 aliphatic carbocycles. The van der Waals surface area contributed by atoms with Crippen molar-refractivity contribution < 1.29 is 9.15 Å². The molecule has 0 saturated heterocycles. The van der Waals surface area contributed by atoms with Gasteiger partial charge in [0.25, 0.3) is 0 Å². The van der Waals surface area contributed by atoms with E-state index in [-0.39, 0.29) is 0 Å². The zero-order valence-electron chi connectivity index (χ0n) is 9.18. The van der Waals surface area contributed by atoms with Crippen LogP contribution in [0.1, 0.15) is 0 Å². The number of rotatable bonds is 2. The average Bonchev–Trinajstić information content (AvgIpc) is 2.91. The Labute approximate surface area is 97.9 Å². The molecule has 0 unspecified atom stereocenters. The average molecular weight is 225 g/mol. The van der Waals surface area contributed by atoms with Gasteiger partial charge in [-0.05, 0) is 6.07 Å². The Morgan fingerprint density at radius 2 is 2.18 bits per heavy atom. The van der Waals surface area contributed by atoms with E-state index in [0.29, 0.717) is 11.6 Å². The number of hydrogen-bond acceptors (Lipinski definition) is 4. The maximum absolute atomic E-state index is 5.33. The number of oxazole rings is 1. The molecule has 0 N–H and O–H groups in total. The first-order valence-electron chi connectivity index (χ1n) is 5.14. The second-order valence-electron chi connectivity index (χ2n) is 3.49. The van der Waals surface area contributed by atoms with Gasteiger partial charge in [-0.15, -0.1) is 0 Å². The molecule has 0 atom stereocenters. The van der Waals surface area contributed by atoms with Gasteiger partial charge in [0.15, 0.2) is 5.75 Å². The molecule has 0 spiro atoms. The van der Waals surface area contributed by atoms with Crippen molar-refractivity contribution in [3.8, 4) is 17.2 Å². The topological polar surface area (TPSA) is 48.2 Å². The molecular formula is C13H9N2O2. The minimum atomic E-state index is 0.511. The minimum absolute atomic E-state index is 0.511. The Kier molecular flexibility index (Phi) is 2.26. The SMILES string of the molecule is COc1[c]nc2ccccc2c1-c1ncco1. The van der Waals surface area contributed by atoms with Crippen LogP contribution in [0, 0.1) is 6.20 Å². The van der Waals surface area contributed by atoms with Crippen LogP contribution < -0.4 is 4.74 Å². The highest BCUT2D eigenvalue weighted by atomic mass is 16.5. The lowest BCUT2D eigenvalue weighted by Crippen LogP contribution is -1.92. The molecule has 3 aromatic rings. The van der Waals surface area contributed by atoms with Crippen LogP contribution in [0.2, 0.25) is 0 Å². The largest absolute Gasteiger partial charge is 0.494 e. The number of fused-ring (bicyclic) bond motifs is 1. The fourth-order valence-electron chi connectivity index (χ4n) is 1.78. The molecule has 1 radical (unpaired) electrons. The Morgan fingerprint density at radius 1 is 1.29 bits per heavy atom. The third kappa shape index (κ3) is 1.54. The van der Waals surface area contributed by atoms with Gasteiger partial charge in [-0.1, -0.05) is 18.2 Å². The first-order chi connectivity index (χ1) is 8.40. The van der Waals surface area contributed by atoms with Gasteiger partial charge in [0.1, 0.15) is 12.5 Å². The molecule has 0 aliphatic rings. The molecule has 0 bridgehead atoms. The van der Waals surface area contributed by atoms with Crippen molar-refractivity contribution in [2.75, 3.05) is 7.11 Å². The summed E-state index contributed by atoms with van der Waals surface area (Å²) < 4.78 is 10.6. The van der Waals surface area contributed by atoms with Crippen molar-refractivity contribution in [2.45, 2.75) is 0 Å². The fraction of sp³-hybridized carbons (Fsp3) is 0.0769. The van der Waals surface area contributed by atoms with Crippen molar-refractivity contribution >= 4 is 10.9 Å². The normalized spacial score (nSPS) is 10.6. The minimum Gasteiger partial charge on any atom is -0.494 e. The third-order valence-electron chi connectivity index (χ3n) is 2.53. The van der Waals surface area contributed by atoms with Crippen LogP contribution in [0.3, 0.4) is 0 Å². The standard InChI is InChI=1S/C13H9N2O2/c1-16-11-8-15-10-5-3-2-4-9(10)12(11)13-14-6-7-17-13/h2-7H,1H3. The zero-order chi connectivity index (χ0) is 11.7. The van der Waals surface area contributed by atoms with Crippen LogP contribution >= 0.6 is 0 Å². The van der Waals surface area contributed by atoms with E-state index in [4.69, 9.17) is 9.15 Å². The molecule has 17 heavy (non-hydrogen) atoms. The van der Waals surface area contributed by atoms with Gasteiger partial charge in [0.05, 0.1) is 24.4 Å². The summed E-state index contributed by atoms with van der Waals surface area (Å²) in [6.45, 7) is 0. The van der Waals surface area contributed by atoms with Gasteiger partial charge in [0, 0.05) is 5.39 Å². The van der Waals surface area contributed by atoms with Gasteiger partial charge in [0.2, 0.25) is 5.89 Å². The third-order valence-corrected chi connectivity index (χ3v) is 2.53. The van der Waals surface area contributed by atoms with Crippen LogP contribution in [-0.2, 0) is 0 Å². The second-order valence-corrected chi connectivity index (χ2v) is 3.49. The lowest BCUT2D eigenvalue weighted by Gasteiger charge is -2.07. The Balaban J connectivity index is 2.39. The van der Waals surface area contributed by atoms with Crippen LogP contribution in [-0.4, -0.2) is 17.1 Å². The summed E-state index contributed by atoms with van der Waals surface area (Å²) in [5, 5.41) is 0.936. The summed E-state index contributed by atoms with van der Waals surface area (Å²) in [6, 6.07) is 7.74. The first-order valence-corrected chi connectivity index (χ1v) is 5.14. The summed E-state index contributed by atoms with van der Waals surface area (Å²) in [5.41, 5.74) is 1.62. The van der Waals surface area contributed by atoms with Crippen molar-refractivity contribution in [1.82, 2.24) is 9.97 Å². The molecule has 4 heteroatoms. The van der Waals surface area contributed by atoms with Crippen LogP contribution in [0.15, 0.2) is 41.1 Å². The van der Waals surface area contributed by atoms with E-state index in [1.807, 2.05) is 24.3 Å². The van der Waals surface area contributed by atoms with Crippen molar-refractivity contribution in [3.05, 3.63) is 42.9 Å². The number of aromatic nitrogens is 2. The second kappa shape index (κ2) is 3.90. The van der Waals surface area contributed by atoms with E-state index in [1.165, 1.54) is 6.26 Å². The summed E-state index contributed by atoms with van der Waals surface area (Å²) in [7, 11) is 1.58. The Bertz CT molecular complexity index is 648. The monoisotopic (exact) mass is 225 g/mol. The van der Waals surface area contributed by atoms with Gasteiger partial charge < -0.3 is 9.15 Å². The summed E-state index contributed by atoms with van der Waals surface area (Å²) in [5.74, 6) is 1.04. The highest BCUT2D eigenvalue weighted by Gasteiger charge is 2.15. The summed E-state index contributed by atoms with van der Waals surface area (Å²) in [4.78, 5) is 8.35. The number of ether oxygens (including phenoxy) is 1. The highest BCUT2D eigenvalue weighted by Crippen LogP contribution is 2.34. The quantitative estimate of drug-likeness (QED) is 0.672. The molecule has 0 saturated carbocycles. The van der Waals surface area contributed by atoms with Crippen molar-refractivity contribution in [3.63, 3.8) is 0 Å². The van der Waals surface area contributed by atoms with Crippen LogP contribution in [0.5, 0.6) is 5.75 Å². The first kappa shape index (κ1) is 9.84. The molecule has 0 amide bonds. The van der Waals surface area contributed by atoms with Crippen molar-refractivity contribution in [1.29, 1.82) is 0 Å². The Morgan fingerprint density at radius 3 is 2.94 bits per heavy atom. The van der Waals surface area contributed by atoms with Gasteiger partial charge in [-0.3, -0.25) is 0 Å². The smallest absolute Gasteiger partial charge is 0.230 e. The van der Waals surface area contributed by atoms with E-state index in [2.05, 4.69) is 16.2 Å². The van der Waals surface area contributed by atoms with E-state index in [1.54, 1.807) is 13.3 Å². The number of pyridine rings is 1. The zero-order valence-corrected chi connectivity index (χ0v) is 9.18. The number of para-hydroxylation sites is 1. The summed E-state index contributed by atoms with van der Waals surface area (Å²) in [6.07, 6.45) is 5.98. The van der Waals surface area contributed by atoms with E-state index in [9.17, 15) is 0 Å². The van der Waals surface area contributed by atoms with E-state index < -0.39 is 0 Å². The summed E-state index contributed by atoms with van der Waals surface area (Å²) >= 11 is 0. The van der Waals surface area contributed by atoms with Gasteiger partial charge >= 0.3 is 0 Å².